The Labute approximate surface area is 161 Å². The molecule has 2 nitrogen and oxygen atoms in total. The lowest BCUT2D eigenvalue weighted by Crippen LogP contribution is -2.02. The molecule has 0 amide bonds. The van der Waals surface area contributed by atoms with Crippen LogP contribution in [0.3, 0.4) is 0 Å². The summed E-state index contributed by atoms with van der Waals surface area (Å²) < 4.78 is 12.1. The number of hydrogen-bond donors (Lipinski definition) is 0. The fraction of sp³-hybridized carbons (Fsp3) is 0.182. The van der Waals surface area contributed by atoms with Crippen LogP contribution in [-0.2, 0) is 12.8 Å². The number of hydrogen-bond acceptors (Lipinski definition) is 4. The van der Waals surface area contributed by atoms with Gasteiger partial charge in [0.2, 0.25) is 0 Å². The summed E-state index contributed by atoms with van der Waals surface area (Å²) in [6.45, 7) is 1.36. The van der Waals surface area contributed by atoms with Crippen LogP contribution in [0.5, 0.6) is 11.5 Å². The zero-order valence-corrected chi connectivity index (χ0v) is 16.0. The highest BCUT2D eigenvalue weighted by Gasteiger charge is 2.07. The van der Waals surface area contributed by atoms with E-state index in [9.17, 15) is 0 Å². The molecule has 2 aromatic heterocycles. The summed E-state index contributed by atoms with van der Waals surface area (Å²) >= 11 is 3.45. The van der Waals surface area contributed by atoms with Crippen molar-refractivity contribution in [3.63, 3.8) is 0 Å². The molecule has 0 bridgehead atoms. The van der Waals surface area contributed by atoms with Gasteiger partial charge in [0.15, 0.2) is 0 Å². The van der Waals surface area contributed by atoms with E-state index in [0.717, 1.165) is 35.1 Å². The van der Waals surface area contributed by atoms with Crippen molar-refractivity contribution in [2.24, 2.45) is 0 Å². The molecule has 4 aromatic rings. The summed E-state index contributed by atoms with van der Waals surface area (Å²) in [5.74, 6) is 1.84. The third kappa shape index (κ3) is 4.09. The molecule has 0 fully saturated rings. The van der Waals surface area contributed by atoms with Crippen molar-refractivity contribution in [3.05, 3.63) is 81.2 Å². The van der Waals surface area contributed by atoms with Gasteiger partial charge in [-0.1, -0.05) is 24.3 Å². The van der Waals surface area contributed by atoms with E-state index in [-0.39, 0.29) is 0 Å². The van der Waals surface area contributed by atoms with Crippen LogP contribution in [0.4, 0.5) is 0 Å². The Morgan fingerprint density at radius 2 is 1.12 bits per heavy atom. The molecule has 4 rings (SSSR count). The van der Waals surface area contributed by atoms with Crippen molar-refractivity contribution in [1.82, 2.24) is 0 Å². The molecule has 0 unspecified atom stereocenters. The number of thiophene rings is 2. The van der Waals surface area contributed by atoms with E-state index in [1.807, 2.05) is 24.3 Å². The van der Waals surface area contributed by atoms with Gasteiger partial charge < -0.3 is 9.47 Å². The minimum atomic E-state index is 0.680. The van der Waals surface area contributed by atoms with E-state index in [0.29, 0.717) is 13.2 Å². The lowest BCUT2D eigenvalue weighted by molar-refractivity contribution is 0.322. The van der Waals surface area contributed by atoms with Crippen LogP contribution in [0, 0.1) is 0 Å². The van der Waals surface area contributed by atoms with Gasteiger partial charge in [-0.3, -0.25) is 0 Å². The van der Waals surface area contributed by atoms with Crippen LogP contribution in [0.1, 0.15) is 11.1 Å². The van der Waals surface area contributed by atoms with Crippen LogP contribution < -0.4 is 9.47 Å². The van der Waals surface area contributed by atoms with E-state index < -0.39 is 0 Å². The van der Waals surface area contributed by atoms with Crippen LogP contribution in [0.25, 0.3) is 10.8 Å². The van der Waals surface area contributed by atoms with E-state index in [4.69, 9.17) is 9.47 Å². The average molecular weight is 381 g/mol. The summed E-state index contributed by atoms with van der Waals surface area (Å²) in [7, 11) is 0. The van der Waals surface area contributed by atoms with Gasteiger partial charge in [-0.2, -0.15) is 22.7 Å². The molecule has 2 aromatic carbocycles. The monoisotopic (exact) mass is 380 g/mol. The third-order valence-corrected chi connectivity index (χ3v) is 5.76. The molecule has 0 saturated carbocycles. The molecule has 4 heteroatoms. The summed E-state index contributed by atoms with van der Waals surface area (Å²) in [6, 6.07) is 16.6. The number of rotatable bonds is 8. The van der Waals surface area contributed by atoms with Gasteiger partial charge in [-0.05, 0) is 56.9 Å². The molecule has 0 aliphatic heterocycles. The van der Waals surface area contributed by atoms with Crippen LogP contribution in [0.15, 0.2) is 70.1 Å². The normalized spacial score (nSPS) is 10.9. The molecule has 0 spiro atoms. The second-order valence-electron chi connectivity index (χ2n) is 6.07. The second-order valence-corrected chi connectivity index (χ2v) is 7.63. The van der Waals surface area contributed by atoms with Crippen molar-refractivity contribution >= 4 is 33.4 Å². The Morgan fingerprint density at radius 3 is 1.54 bits per heavy atom. The van der Waals surface area contributed by atoms with Crippen LogP contribution >= 0.6 is 22.7 Å². The smallest absolute Gasteiger partial charge is 0.127 e. The topological polar surface area (TPSA) is 18.5 Å². The Hall–Kier alpha value is -2.30. The van der Waals surface area contributed by atoms with E-state index in [2.05, 4.69) is 45.8 Å². The van der Waals surface area contributed by atoms with E-state index >= 15 is 0 Å². The minimum Gasteiger partial charge on any atom is -0.493 e. The maximum absolute atomic E-state index is 6.06. The first-order valence-electron chi connectivity index (χ1n) is 8.69. The molecule has 132 valence electrons. The van der Waals surface area contributed by atoms with Gasteiger partial charge in [0.1, 0.15) is 11.5 Å². The first kappa shape index (κ1) is 17.1. The fourth-order valence-corrected chi connectivity index (χ4v) is 4.34. The zero-order valence-electron chi connectivity index (χ0n) is 14.4. The van der Waals surface area contributed by atoms with Gasteiger partial charge in [0.25, 0.3) is 0 Å². The van der Waals surface area contributed by atoms with E-state index in [1.165, 1.54) is 11.1 Å². The van der Waals surface area contributed by atoms with Gasteiger partial charge in [-0.25, -0.2) is 0 Å². The molecular formula is C22H20O2S2. The molecule has 2 heterocycles. The van der Waals surface area contributed by atoms with E-state index in [1.54, 1.807) is 22.7 Å². The molecule has 0 radical (unpaired) electrons. The van der Waals surface area contributed by atoms with Gasteiger partial charge in [-0.15, -0.1) is 0 Å². The number of ether oxygens (including phenoxy) is 2. The molecule has 0 aliphatic carbocycles. The Kier molecular flexibility index (Phi) is 5.53. The van der Waals surface area contributed by atoms with Crippen LogP contribution in [0.2, 0.25) is 0 Å². The Morgan fingerprint density at radius 1 is 0.615 bits per heavy atom. The largest absolute Gasteiger partial charge is 0.493 e. The summed E-state index contributed by atoms with van der Waals surface area (Å²) in [6.07, 6.45) is 1.85. The fourth-order valence-electron chi connectivity index (χ4n) is 2.93. The average Bonchev–Trinajstić information content (AvgIpc) is 3.36. The highest BCUT2D eigenvalue weighted by Crippen LogP contribution is 2.32. The maximum Gasteiger partial charge on any atom is 0.127 e. The van der Waals surface area contributed by atoms with Crippen molar-refractivity contribution in [2.75, 3.05) is 13.2 Å². The predicted octanol–water partition coefficient (Wildman–Crippen LogP) is 6.21. The first-order valence-corrected chi connectivity index (χ1v) is 10.6. The highest BCUT2D eigenvalue weighted by molar-refractivity contribution is 7.08. The SMILES string of the molecule is c1cc(OCCc2ccsc2)c2cccc(OCCc3ccsc3)c2c1. The molecular weight excluding hydrogens is 360 g/mol. The summed E-state index contributed by atoms with van der Waals surface area (Å²) in [5, 5.41) is 10.8. The van der Waals surface area contributed by atoms with Gasteiger partial charge in [0.05, 0.1) is 13.2 Å². The standard InChI is InChI=1S/C22H20O2S2/c1-3-19-20(21(5-1)23-11-7-17-9-13-25-15-17)4-2-6-22(19)24-12-8-18-10-14-26-16-18/h1-6,9-10,13-16H,7-8,11-12H2. The Balaban J connectivity index is 1.45. The number of fused-ring (bicyclic) bond motifs is 1. The number of benzene rings is 2. The Bertz CT molecular complexity index is 864. The molecule has 0 atom stereocenters. The summed E-state index contributed by atoms with van der Waals surface area (Å²) in [4.78, 5) is 0. The second kappa shape index (κ2) is 8.39. The lowest BCUT2D eigenvalue weighted by atomic mass is 10.1. The van der Waals surface area contributed by atoms with Gasteiger partial charge in [0, 0.05) is 23.6 Å². The van der Waals surface area contributed by atoms with Crippen molar-refractivity contribution in [2.45, 2.75) is 12.8 Å². The maximum atomic E-state index is 6.06. The lowest BCUT2D eigenvalue weighted by Gasteiger charge is -2.12. The molecule has 26 heavy (non-hydrogen) atoms. The van der Waals surface area contributed by atoms with Crippen molar-refractivity contribution in [1.29, 1.82) is 0 Å². The first-order chi connectivity index (χ1) is 12.9. The van der Waals surface area contributed by atoms with Crippen LogP contribution in [-0.4, -0.2) is 13.2 Å². The zero-order chi connectivity index (χ0) is 17.6. The van der Waals surface area contributed by atoms with Crippen molar-refractivity contribution < 1.29 is 9.47 Å². The third-order valence-electron chi connectivity index (χ3n) is 4.30. The molecule has 0 N–H and O–H groups in total. The summed E-state index contributed by atoms with van der Waals surface area (Å²) in [5.41, 5.74) is 2.65. The quantitative estimate of drug-likeness (QED) is 0.362. The van der Waals surface area contributed by atoms with Gasteiger partial charge >= 0.3 is 0 Å². The minimum absolute atomic E-state index is 0.680. The molecule has 0 aliphatic rings. The highest BCUT2D eigenvalue weighted by atomic mass is 32.1. The van der Waals surface area contributed by atoms with Crippen molar-refractivity contribution in [3.8, 4) is 11.5 Å². The predicted molar refractivity (Wildman–Crippen MR) is 111 cm³/mol. The molecule has 0 saturated heterocycles.